The highest BCUT2D eigenvalue weighted by atomic mass is 127. The van der Waals surface area contributed by atoms with Crippen LogP contribution in [-0.4, -0.2) is 56.7 Å². The van der Waals surface area contributed by atoms with Crippen molar-refractivity contribution in [3.8, 4) is 5.75 Å². The van der Waals surface area contributed by atoms with Gasteiger partial charge in [-0.15, -0.1) is 24.0 Å². The van der Waals surface area contributed by atoms with Crippen LogP contribution in [0, 0.1) is 6.92 Å². The molecule has 146 valence electrons. The number of hydrogen-bond acceptors (Lipinski definition) is 3. The lowest BCUT2D eigenvalue weighted by Gasteiger charge is -2.33. The van der Waals surface area contributed by atoms with Crippen LogP contribution in [0.15, 0.2) is 23.2 Å². The topological polar surface area (TPSA) is 48.9 Å². The third kappa shape index (κ3) is 6.01. The number of likely N-dealkylation sites (tertiary alicyclic amines) is 1. The monoisotopic (exact) mass is 472 g/mol. The number of methoxy groups -OCH3 is 1. The van der Waals surface area contributed by atoms with Gasteiger partial charge in [-0.05, 0) is 56.2 Å². The number of ether oxygens (including phenoxy) is 1. The minimum atomic E-state index is 0. The smallest absolute Gasteiger partial charge is 0.191 e. The summed E-state index contributed by atoms with van der Waals surface area (Å²) in [5.74, 6) is 1.88. The van der Waals surface area contributed by atoms with Crippen LogP contribution in [0.5, 0.6) is 5.75 Å². The Hall–Kier alpha value is -1.02. The summed E-state index contributed by atoms with van der Waals surface area (Å²) < 4.78 is 5.40. The predicted molar refractivity (Wildman–Crippen MR) is 119 cm³/mol. The number of halogens is 1. The molecule has 1 aromatic rings. The van der Waals surface area contributed by atoms with Gasteiger partial charge in [0.15, 0.2) is 5.96 Å². The van der Waals surface area contributed by atoms with Gasteiger partial charge < -0.3 is 20.3 Å². The fourth-order valence-corrected chi connectivity index (χ4v) is 3.58. The van der Waals surface area contributed by atoms with Crippen LogP contribution in [0.1, 0.15) is 36.8 Å². The van der Waals surface area contributed by atoms with E-state index in [0.29, 0.717) is 6.04 Å². The normalized spacial score (nSPS) is 19.0. The van der Waals surface area contributed by atoms with Gasteiger partial charge in [0.2, 0.25) is 0 Å². The minimum absolute atomic E-state index is 0. The van der Waals surface area contributed by atoms with Crippen molar-refractivity contribution in [2.75, 3.05) is 33.8 Å². The SMILES string of the molecule is CN=C(NCCc1ccc(C)c(OC)c1)NC1CCN(C2CC2)CC1.I. The number of aryl methyl sites for hydroxylation is 1. The molecule has 1 heterocycles. The molecule has 6 heteroatoms. The number of benzene rings is 1. The zero-order valence-electron chi connectivity index (χ0n) is 16.3. The molecule has 0 radical (unpaired) electrons. The second kappa shape index (κ2) is 10.3. The van der Waals surface area contributed by atoms with Crippen molar-refractivity contribution >= 4 is 29.9 Å². The lowest BCUT2D eigenvalue weighted by atomic mass is 10.1. The molecule has 26 heavy (non-hydrogen) atoms. The summed E-state index contributed by atoms with van der Waals surface area (Å²) in [7, 11) is 3.58. The van der Waals surface area contributed by atoms with Crippen molar-refractivity contribution in [1.29, 1.82) is 0 Å². The van der Waals surface area contributed by atoms with Gasteiger partial charge in [0.25, 0.3) is 0 Å². The Kier molecular flexibility index (Phi) is 8.47. The minimum Gasteiger partial charge on any atom is -0.496 e. The van der Waals surface area contributed by atoms with Gasteiger partial charge in [-0.1, -0.05) is 12.1 Å². The van der Waals surface area contributed by atoms with Gasteiger partial charge in [-0.2, -0.15) is 0 Å². The molecular formula is C20H33IN4O. The van der Waals surface area contributed by atoms with Crippen LogP contribution in [0.2, 0.25) is 0 Å². The van der Waals surface area contributed by atoms with E-state index < -0.39 is 0 Å². The summed E-state index contributed by atoms with van der Waals surface area (Å²) in [4.78, 5) is 7.04. The van der Waals surface area contributed by atoms with E-state index >= 15 is 0 Å². The largest absolute Gasteiger partial charge is 0.496 e. The Morgan fingerprint density at radius 1 is 1.23 bits per heavy atom. The summed E-state index contributed by atoms with van der Waals surface area (Å²) in [6, 6.07) is 7.85. The molecule has 0 atom stereocenters. The van der Waals surface area contributed by atoms with Crippen LogP contribution < -0.4 is 15.4 Å². The maximum atomic E-state index is 5.40. The van der Waals surface area contributed by atoms with Crippen LogP contribution in [-0.2, 0) is 6.42 Å². The summed E-state index contributed by atoms with van der Waals surface area (Å²) in [6.07, 6.45) is 6.20. The third-order valence-electron chi connectivity index (χ3n) is 5.34. The second-order valence-corrected chi connectivity index (χ2v) is 7.24. The Bertz CT molecular complexity index is 595. The van der Waals surface area contributed by atoms with E-state index in [-0.39, 0.29) is 24.0 Å². The van der Waals surface area contributed by atoms with Crippen molar-refractivity contribution in [3.05, 3.63) is 29.3 Å². The zero-order chi connectivity index (χ0) is 17.6. The fourth-order valence-electron chi connectivity index (χ4n) is 3.58. The summed E-state index contributed by atoms with van der Waals surface area (Å²) in [5, 5.41) is 7.04. The van der Waals surface area contributed by atoms with Gasteiger partial charge in [0, 0.05) is 38.8 Å². The van der Waals surface area contributed by atoms with Crippen LogP contribution in [0.4, 0.5) is 0 Å². The number of guanidine groups is 1. The van der Waals surface area contributed by atoms with Crippen molar-refractivity contribution < 1.29 is 4.74 Å². The molecule has 0 amide bonds. The van der Waals surface area contributed by atoms with Gasteiger partial charge in [-0.25, -0.2) is 0 Å². The summed E-state index contributed by atoms with van der Waals surface area (Å²) >= 11 is 0. The first-order valence-electron chi connectivity index (χ1n) is 9.54. The van der Waals surface area contributed by atoms with Crippen LogP contribution >= 0.6 is 24.0 Å². The van der Waals surface area contributed by atoms with Gasteiger partial charge in [-0.3, -0.25) is 4.99 Å². The number of piperidine rings is 1. The van der Waals surface area contributed by atoms with Crippen molar-refractivity contribution in [1.82, 2.24) is 15.5 Å². The molecule has 0 aromatic heterocycles. The Morgan fingerprint density at radius 3 is 2.58 bits per heavy atom. The van der Waals surface area contributed by atoms with E-state index in [1.807, 2.05) is 7.05 Å². The number of rotatable bonds is 6. The Morgan fingerprint density at radius 2 is 1.96 bits per heavy atom. The molecule has 2 fully saturated rings. The summed E-state index contributed by atoms with van der Waals surface area (Å²) in [6.45, 7) is 5.39. The molecule has 0 bridgehead atoms. The average molecular weight is 472 g/mol. The molecule has 0 unspecified atom stereocenters. The molecule has 1 aliphatic carbocycles. The number of nitrogens with one attached hydrogen (secondary N) is 2. The molecule has 1 aliphatic heterocycles. The molecule has 1 saturated carbocycles. The first kappa shape index (κ1) is 21.3. The van der Waals surface area contributed by atoms with Crippen molar-refractivity contribution in [2.24, 2.45) is 4.99 Å². The molecule has 2 aliphatic rings. The maximum Gasteiger partial charge on any atom is 0.191 e. The number of hydrogen-bond donors (Lipinski definition) is 2. The van der Waals surface area contributed by atoms with E-state index in [1.165, 1.54) is 49.9 Å². The fraction of sp³-hybridized carbons (Fsp3) is 0.650. The van der Waals surface area contributed by atoms with Crippen LogP contribution in [0.3, 0.4) is 0 Å². The molecule has 0 spiro atoms. The maximum absolute atomic E-state index is 5.40. The zero-order valence-corrected chi connectivity index (χ0v) is 18.6. The standard InChI is InChI=1S/C20H32N4O.HI/c1-15-4-5-16(14-19(15)25-3)8-11-22-20(21-2)23-17-9-12-24(13-10-17)18-6-7-18;/h4-5,14,17-18H,6-13H2,1-3H3,(H2,21,22,23);1H. The Labute approximate surface area is 175 Å². The molecule has 3 rings (SSSR count). The quantitative estimate of drug-likeness (QED) is 0.380. The average Bonchev–Trinajstić information content (AvgIpc) is 3.48. The second-order valence-electron chi connectivity index (χ2n) is 7.24. The first-order chi connectivity index (χ1) is 12.2. The lowest BCUT2D eigenvalue weighted by Crippen LogP contribution is -2.49. The molecule has 1 saturated heterocycles. The molecular weight excluding hydrogens is 439 g/mol. The number of nitrogens with zero attached hydrogens (tertiary/aromatic N) is 2. The molecule has 2 N–H and O–H groups in total. The molecule has 1 aromatic carbocycles. The van der Waals surface area contributed by atoms with Gasteiger partial charge in [0.05, 0.1) is 7.11 Å². The lowest BCUT2D eigenvalue weighted by molar-refractivity contribution is 0.197. The third-order valence-corrected chi connectivity index (χ3v) is 5.34. The van der Waals surface area contributed by atoms with Crippen molar-refractivity contribution in [3.63, 3.8) is 0 Å². The van der Waals surface area contributed by atoms with E-state index in [0.717, 1.165) is 30.7 Å². The van der Waals surface area contributed by atoms with E-state index in [2.05, 4.69) is 45.6 Å². The van der Waals surface area contributed by atoms with E-state index in [4.69, 9.17) is 4.74 Å². The van der Waals surface area contributed by atoms with E-state index in [9.17, 15) is 0 Å². The van der Waals surface area contributed by atoms with Crippen molar-refractivity contribution in [2.45, 2.75) is 51.1 Å². The molecule has 5 nitrogen and oxygen atoms in total. The van der Waals surface area contributed by atoms with Gasteiger partial charge in [0.1, 0.15) is 5.75 Å². The first-order valence-corrected chi connectivity index (χ1v) is 9.54. The highest BCUT2D eigenvalue weighted by Gasteiger charge is 2.31. The highest BCUT2D eigenvalue weighted by Crippen LogP contribution is 2.29. The Balaban J connectivity index is 0.00000243. The van der Waals surface area contributed by atoms with E-state index in [1.54, 1.807) is 7.11 Å². The predicted octanol–water partition coefficient (Wildman–Crippen LogP) is 2.96. The highest BCUT2D eigenvalue weighted by molar-refractivity contribution is 14.0. The van der Waals surface area contributed by atoms with Crippen LogP contribution in [0.25, 0.3) is 0 Å². The number of aliphatic imine (C=N–C) groups is 1. The summed E-state index contributed by atoms with van der Waals surface area (Å²) in [5.41, 5.74) is 2.46. The van der Waals surface area contributed by atoms with Gasteiger partial charge >= 0.3 is 0 Å².